The maximum atomic E-state index is 5.79. The average molecular weight is 302 g/mol. The molecule has 1 atom stereocenters. The Kier molecular flexibility index (Phi) is 7.44. The summed E-state index contributed by atoms with van der Waals surface area (Å²) in [6.45, 7) is 2.66. The minimum absolute atomic E-state index is 0.366. The summed E-state index contributed by atoms with van der Waals surface area (Å²) in [5.74, 6) is 0.366. The Morgan fingerprint density at radius 3 is 2.47 bits per heavy atom. The fraction of sp³-hybridized carbons (Fsp3) is 0.538. The zero-order valence-corrected chi connectivity index (χ0v) is 11.8. The van der Waals surface area contributed by atoms with E-state index in [9.17, 15) is 0 Å². The Morgan fingerprint density at radius 2 is 1.88 bits per heavy atom. The summed E-state index contributed by atoms with van der Waals surface area (Å²) in [6.07, 6.45) is 0.946. The van der Waals surface area contributed by atoms with Crippen molar-refractivity contribution in [1.82, 2.24) is 0 Å². The summed E-state index contributed by atoms with van der Waals surface area (Å²) in [7, 11) is 1.67. The van der Waals surface area contributed by atoms with Crippen molar-refractivity contribution >= 4 is 15.9 Å². The number of rotatable bonds is 8. The van der Waals surface area contributed by atoms with Crippen LogP contribution in [0.5, 0.6) is 0 Å². The third kappa shape index (κ3) is 5.64. The monoisotopic (exact) mass is 301 g/mol. The van der Waals surface area contributed by atoms with Crippen LogP contribution >= 0.6 is 15.9 Å². The topological polar surface area (TPSA) is 44.5 Å². The van der Waals surface area contributed by atoms with Gasteiger partial charge in [0.25, 0.3) is 0 Å². The highest BCUT2D eigenvalue weighted by Gasteiger charge is 2.09. The predicted octanol–water partition coefficient (Wildman–Crippen LogP) is 2.54. The number of halogens is 1. The van der Waals surface area contributed by atoms with Gasteiger partial charge < -0.3 is 15.2 Å². The van der Waals surface area contributed by atoms with Gasteiger partial charge in [0.05, 0.1) is 13.2 Å². The fourth-order valence-corrected chi connectivity index (χ4v) is 1.89. The lowest BCUT2D eigenvalue weighted by Gasteiger charge is -2.15. The van der Waals surface area contributed by atoms with E-state index < -0.39 is 0 Å². The fourth-order valence-electron chi connectivity index (χ4n) is 1.63. The van der Waals surface area contributed by atoms with E-state index in [1.807, 2.05) is 12.1 Å². The van der Waals surface area contributed by atoms with Gasteiger partial charge in [-0.2, -0.15) is 0 Å². The molecule has 3 nitrogen and oxygen atoms in total. The molecule has 0 aliphatic carbocycles. The molecule has 0 fully saturated rings. The first-order valence-corrected chi connectivity index (χ1v) is 6.59. The lowest BCUT2D eigenvalue weighted by atomic mass is 9.96. The van der Waals surface area contributed by atoms with Gasteiger partial charge in [0.2, 0.25) is 0 Å². The van der Waals surface area contributed by atoms with E-state index in [1.165, 1.54) is 5.56 Å². The Labute approximate surface area is 111 Å². The van der Waals surface area contributed by atoms with Crippen LogP contribution in [-0.2, 0) is 9.47 Å². The third-order valence-electron chi connectivity index (χ3n) is 2.67. The van der Waals surface area contributed by atoms with Crippen molar-refractivity contribution in [1.29, 1.82) is 0 Å². The van der Waals surface area contributed by atoms with E-state index in [0.717, 1.165) is 17.5 Å². The third-order valence-corrected chi connectivity index (χ3v) is 3.20. The normalized spacial score (nSPS) is 12.6. The van der Waals surface area contributed by atoms with Gasteiger partial charge in [-0.05, 0) is 36.6 Å². The van der Waals surface area contributed by atoms with Gasteiger partial charge in [-0.1, -0.05) is 28.1 Å². The highest BCUT2D eigenvalue weighted by molar-refractivity contribution is 9.10. The predicted molar refractivity (Wildman–Crippen MR) is 73.2 cm³/mol. The van der Waals surface area contributed by atoms with Crippen LogP contribution in [0, 0.1) is 0 Å². The molecule has 4 heteroatoms. The molecular weight excluding hydrogens is 282 g/mol. The van der Waals surface area contributed by atoms with Gasteiger partial charge in [-0.25, -0.2) is 0 Å². The molecule has 2 N–H and O–H groups in total. The van der Waals surface area contributed by atoms with Crippen LogP contribution in [0.4, 0.5) is 0 Å². The SMILES string of the molecule is COCCOCCC(CN)c1ccc(Br)cc1. The molecule has 0 aromatic heterocycles. The number of nitrogens with two attached hydrogens (primary N) is 1. The van der Waals surface area contributed by atoms with Crippen molar-refractivity contribution in [3.8, 4) is 0 Å². The first-order chi connectivity index (χ1) is 8.27. The first-order valence-electron chi connectivity index (χ1n) is 5.80. The average Bonchev–Trinajstić information content (AvgIpc) is 2.35. The zero-order valence-electron chi connectivity index (χ0n) is 10.2. The summed E-state index contributed by atoms with van der Waals surface area (Å²) < 4.78 is 11.5. The summed E-state index contributed by atoms with van der Waals surface area (Å²) in [4.78, 5) is 0. The van der Waals surface area contributed by atoms with Crippen molar-refractivity contribution in [2.24, 2.45) is 5.73 Å². The van der Waals surface area contributed by atoms with Crippen LogP contribution in [0.3, 0.4) is 0 Å². The Morgan fingerprint density at radius 1 is 1.18 bits per heavy atom. The van der Waals surface area contributed by atoms with E-state index in [2.05, 4.69) is 28.1 Å². The molecule has 0 saturated heterocycles. The van der Waals surface area contributed by atoms with E-state index in [-0.39, 0.29) is 0 Å². The lowest BCUT2D eigenvalue weighted by molar-refractivity contribution is 0.0672. The van der Waals surface area contributed by atoms with Crippen molar-refractivity contribution in [3.05, 3.63) is 34.3 Å². The molecule has 0 saturated carbocycles. The molecule has 17 heavy (non-hydrogen) atoms. The highest BCUT2D eigenvalue weighted by atomic mass is 79.9. The molecule has 0 aliphatic rings. The van der Waals surface area contributed by atoms with Crippen LogP contribution in [0.25, 0.3) is 0 Å². The van der Waals surface area contributed by atoms with Crippen molar-refractivity contribution in [2.75, 3.05) is 33.5 Å². The van der Waals surface area contributed by atoms with Gasteiger partial charge in [0.15, 0.2) is 0 Å². The molecule has 0 aliphatic heterocycles. The van der Waals surface area contributed by atoms with Crippen molar-refractivity contribution in [3.63, 3.8) is 0 Å². The van der Waals surface area contributed by atoms with E-state index in [1.54, 1.807) is 7.11 Å². The molecule has 0 radical (unpaired) electrons. The second kappa shape index (κ2) is 8.64. The van der Waals surface area contributed by atoms with Crippen molar-refractivity contribution in [2.45, 2.75) is 12.3 Å². The van der Waals surface area contributed by atoms with Crippen LogP contribution in [0.15, 0.2) is 28.7 Å². The molecule has 1 aromatic carbocycles. The van der Waals surface area contributed by atoms with Crippen LogP contribution in [0.2, 0.25) is 0 Å². The number of hydrogen-bond donors (Lipinski definition) is 1. The van der Waals surface area contributed by atoms with Gasteiger partial charge in [-0.15, -0.1) is 0 Å². The Bertz CT molecular complexity index is 303. The first kappa shape index (κ1) is 14.6. The molecule has 96 valence electrons. The molecule has 0 heterocycles. The quantitative estimate of drug-likeness (QED) is 0.751. The molecular formula is C13H20BrNO2. The van der Waals surface area contributed by atoms with Crippen LogP contribution in [-0.4, -0.2) is 33.5 Å². The molecule has 0 spiro atoms. The van der Waals surface area contributed by atoms with Crippen LogP contribution in [0.1, 0.15) is 17.9 Å². The summed E-state index contributed by atoms with van der Waals surface area (Å²) in [5.41, 5.74) is 7.06. The largest absolute Gasteiger partial charge is 0.382 e. The molecule has 1 aromatic rings. The zero-order chi connectivity index (χ0) is 12.5. The van der Waals surface area contributed by atoms with Crippen LogP contribution < -0.4 is 5.73 Å². The Hall–Kier alpha value is -0.420. The molecule has 0 bridgehead atoms. The lowest BCUT2D eigenvalue weighted by Crippen LogP contribution is -2.15. The van der Waals surface area contributed by atoms with Gasteiger partial charge in [-0.3, -0.25) is 0 Å². The summed E-state index contributed by atoms with van der Waals surface area (Å²) >= 11 is 3.43. The molecule has 1 rings (SSSR count). The smallest absolute Gasteiger partial charge is 0.0700 e. The Balaban J connectivity index is 2.35. The van der Waals surface area contributed by atoms with E-state index in [0.29, 0.717) is 25.7 Å². The minimum atomic E-state index is 0.366. The molecule has 1 unspecified atom stereocenters. The standard InChI is InChI=1S/C13H20BrNO2/c1-16-8-9-17-7-6-12(10-15)11-2-4-13(14)5-3-11/h2-5,12H,6-10,15H2,1H3. The van der Waals surface area contributed by atoms with E-state index >= 15 is 0 Å². The summed E-state index contributed by atoms with van der Waals surface area (Å²) in [6, 6.07) is 8.31. The van der Waals surface area contributed by atoms with E-state index in [4.69, 9.17) is 15.2 Å². The minimum Gasteiger partial charge on any atom is -0.382 e. The number of hydrogen-bond acceptors (Lipinski definition) is 3. The van der Waals surface area contributed by atoms with Crippen molar-refractivity contribution < 1.29 is 9.47 Å². The second-order valence-electron chi connectivity index (χ2n) is 3.88. The van der Waals surface area contributed by atoms with Gasteiger partial charge in [0, 0.05) is 18.2 Å². The summed E-state index contributed by atoms with van der Waals surface area (Å²) in [5, 5.41) is 0. The second-order valence-corrected chi connectivity index (χ2v) is 4.79. The maximum Gasteiger partial charge on any atom is 0.0700 e. The number of methoxy groups -OCH3 is 1. The number of ether oxygens (including phenoxy) is 2. The maximum absolute atomic E-state index is 5.79. The number of benzene rings is 1. The van der Waals surface area contributed by atoms with Gasteiger partial charge in [0.1, 0.15) is 0 Å². The molecule has 0 amide bonds. The highest BCUT2D eigenvalue weighted by Crippen LogP contribution is 2.20. The van der Waals surface area contributed by atoms with Gasteiger partial charge >= 0.3 is 0 Å².